The number of rotatable bonds is 0. The van der Waals surface area contributed by atoms with E-state index in [0.717, 1.165) is 4.47 Å². The smallest absolute Gasteiger partial charge is 0.0178 e. The second-order valence-corrected chi connectivity index (χ2v) is 11.5. The van der Waals surface area contributed by atoms with Crippen LogP contribution in [0, 0.1) is 13.8 Å². The summed E-state index contributed by atoms with van der Waals surface area (Å²) < 4.78 is 1.16. The molecule has 2 aliphatic rings. The molecule has 0 heterocycles. The lowest BCUT2D eigenvalue weighted by atomic mass is 9.82. The fraction of sp³-hybridized carbons (Fsp3) is 0.250. The molecule has 180 valence electrons. The van der Waals surface area contributed by atoms with Crippen molar-refractivity contribution in [3.63, 3.8) is 0 Å². The van der Waals surface area contributed by atoms with E-state index in [-0.39, 0.29) is 10.8 Å². The molecule has 2 aliphatic carbocycles. The number of halogens is 3. The first-order valence-electron chi connectivity index (χ1n) is 11.9. The lowest BCUT2D eigenvalue weighted by Crippen LogP contribution is -2.15. The second-order valence-electron chi connectivity index (χ2n) is 10.6. The zero-order valence-corrected chi connectivity index (χ0v) is 25.9. The van der Waals surface area contributed by atoms with Gasteiger partial charge in [-0.15, -0.1) is 0 Å². The van der Waals surface area contributed by atoms with E-state index in [2.05, 4.69) is 165 Å². The van der Waals surface area contributed by atoms with Gasteiger partial charge in [-0.3, -0.25) is 0 Å². The lowest BCUT2D eigenvalue weighted by molar-refractivity contribution is 0.659. The molecule has 6 rings (SSSR count). The van der Waals surface area contributed by atoms with E-state index in [1.165, 1.54) is 55.6 Å². The maximum absolute atomic E-state index is 3.58. The Kier molecular flexibility index (Phi) is 7.53. The molecule has 0 spiro atoms. The van der Waals surface area contributed by atoms with Gasteiger partial charge in [0.25, 0.3) is 0 Å². The van der Waals surface area contributed by atoms with E-state index in [9.17, 15) is 0 Å². The van der Waals surface area contributed by atoms with Crippen LogP contribution in [0.25, 0.3) is 22.3 Å². The van der Waals surface area contributed by atoms with Gasteiger partial charge in [0, 0.05) is 43.6 Å². The predicted molar refractivity (Wildman–Crippen MR) is 163 cm³/mol. The van der Waals surface area contributed by atoms with Crippen LogP contribution in [-0.2, 0) is 10.8 Å². The minimum absolute atomic E-state index is 0.112. The van der Waals surface area contributed by atoms with E-state index >= 15 is 0 Å². The minimum Gasteiger partial charge on any atom is -0.0619 e. The molecule has 0 fully saturated rings. The van der Waals surface area contributed by atoms with Gasteiger partial charge >= 0.3 is 0 Å². The van der Waals surface area contributed by atoms with E-state index in [4.69, 9.17) is 0 Å². The van der Waals surface area contributed by atoms with Gasteiger partial charge in [-0.05, 0) is 70.5 Å². The minimum atomic E-state index is 0.112. The topological polar surface area (TPSA) is 0 Å². The highest BCUT2D eigenvalue weighted by atomic mass is 80.9. The fourth-order valence-electron chi connectivity index (χ4n) is 5.64. The standard InChI is InChI=1S/C16H15Br.C16H16.Br2/c1-10-4-6-12-13-7-5-11(17)9-15(13)16(2,3)14(12)8-10;1-11-8-9-13-12-6-4-5-7-14(12)16(2,3)15(13)10-11;1-2/h4-9H,1-3H3;4-10H,1-3H3;. The van der Waals surface area contributed by atoms with Crippen LogP contribution in [0.4, 0.5) is 0 Å². The Morgan fingerprint density at radius 3 is 1.43 bits per heavy atom. The van der Waals surface area contributed by atoms with Crippen molar-refractivity contribution in [2.75, 3.05) is 0 Å². The quantitative estimate of drug-likeness (QED) is 0.177. The molecule has 0 saturated heterocycles. The molecule has 0 aromatic heterocycles. The zero-order chi connectivity index (χ0) is 25.5. The summed E-state index contributed by atoms with van der Waals surface area (Å²) in [7, 11) is 0. The third-order valence-electron chi connectivity index (χ3n) is 7.53. The summed E-state index contributed by atoms with van der Waals surface area (Å²) in [5.41, 5.74) is 14.3. The number of hydrogen-bond donors (Lipinski definition) is 0. The Bertz CT molecular complexity index is 1340. The molecule has 35 heavy (non-hydrogen) atoms. The summed E-state index contributed by atoms with van der Waals surface area (Å²) in [6.07, 6.45) is 0. The van der Waals surface area contributed by atoms with E-state index in [0.29, 0.717) is 0 Å². The Balaban J connectivity index is 0.000000155. The summed E-state index contributed by atoms with van der Waals surface area (Å²) in [4.78, 5) is 0. The number of fused-ring (bicyclic) bond motifs is 6. The predicted octanol–water partition coefficient (Wildman–Crippen LogP) is 11.1. The van der Waals surface area contributed by atoms with Crippen molar-refractivity contribution in [2.24, 2.45) is 0 Å². The van der Waals surface area contributed by atoms with Gasteiger partial charge in [0.2, 0.25) is 0 Å². The molecule has 4 aromatic rings. The molecule has 4 aromatic carbocycles. The van der Waals surface area contributed by atoms with Crippen LogP contribution >= 0.6 is 44.2 Å². The Hall–Kier alpha value is -1.68. The average molecular weight is 655 g/mol. The number of aryl methyl sites for hydroxylation is 2. The first kappa shape index (κ1) is 26.4. The molecular formula is C32H31Br3. The summed E-state index contributed by atoms with van der Waals surface area (Å²) in [6.45, 7) is 13.6. The van der Waals surface area contributed by atoms with Gasteiger partial charge in [0.1, 0.15) is 0 Å². The maximum Gasteiger partial charge on any atom is 0.0178 e. The molecule has 0 amide bonds. The normalized spacial score (nSPS) is 14.9. The molecular weight excluding hydrogens is 624 g/mol. The van der Waals surface area contributed by atoms with Crippen molar-refractivity contribution in [1.29, 1.82) is 0 Å². The molecule has 0 N–H and O–H groups in total. The van der Waals surface area contributed by atoms with Crippen LogP contribution in [0.15, 0.2) is 83.3 Å². The second kappa shape index (κ2) is 10.00. The summed E-state index contributed by atoms with van der Waals surface area (Å²) >= 11 is 9.08. The van der Waals surface area contributed by atoms with Crippen molar-refractivity contribution >= 4 is 44.2 Å². The van der Waals surface area contributed by atoms with Crippen LogP contribution < -0.4 is 0 Å². The Labute approximate surface area is 234 Å². The molecule has 0 saturated carbocycles. The fourth-order valence-corrected chi connectivity index (χ4v) is 6.00. The summed E-state index contributed by atoms with van der Waals surface area (Å²) in [5.74, 6) is 0. The highest BCUT2D eigenvalue weighted by Gasteiger charge is 2.36. The number of benzene rings is 4. The SMILES string of the molecule is BrBr.Cc1ccc2c(c1)C(C)(C)c1cc(Br)ccc1-2.Cc1ccc2c(c1)C(C)(C)c1ccccc1-2. The monoisotopic (exact) mass is 652 g/mol. The van der Waals surface area contributed by atoms with Crippen molar-refractivity contribution in [3.8, 4) is 22.3 Å². The Morgan fingerprint density at radius 1 is 0.486 bits per heavy atom. The first-order valence-corrected chi connectivity index (χ1v) is 16.4. The van der Waals surface area contributed by atoms with Crippen LogP contribution in [-0.4, -0.2) is 0 Å². The first-order chi connectivity index (χ1) is 16.6. The maximum atomic E-state index is 3.58. The largest absolute Gasteiger partial charge is 0.0619 e. The van der Waals surface area contributed by atoms with E-state index in [1.807, 2.05) is 0 Å². The van der Waals surface area contributed by atoms with Gasteiger partial charge in [-0.2, -0.15) is 0 Å². The lowest BCUT2D eigenvalue weighted by Gasteiger charge is -2.21. The Morgan fingerprint density at radius 2 is 0.886 bits per heavy atom. The van der Waals surface area contributed by atoms with Gasteiger partial charge in [-0.1, -0.05) is 121 Å². The third kappa shape index (κ3) is 4.61. The van der Waals surface area contributed by atoms with Gasteiger partial charge in [0.15, 0.2) is 0 Å². The van der Waals surface area contributed by atoms with Crippen LogP contribution in [0.1, 0.15) is 61.1 Å². The molecule has 0 nitrogen and oxygen atoms in total. The molecule has 0 unspecified atom stereocenters. The molecule has 0 bridgehead atoms. The zero-order valence-electron chi connectivity index (χ0n) is 21.1. The van der Waals surface area contributed by atoms with E-state index in [1.54, 1.807) is 0 Å². The average Bonchev–Trinajstić information content (AvgIpc) is 3.20. The molecule has 0 radical (unpaired) electrons. The van der Waals surface area contributed by atoms with Crippen molar-refractivity contribution in [1.82, 2.24) is 0 Å². The third-order valence-corrected chi connectivity index (χ3v) is 8.03. The number of hydrogen-bond acceptors (Lipinski definition) is 0. The van der Waals surface area contributed by atoms with Crippen molar-refractivity contribution in [3.05, 3.63) is 117 Å². The summed E-state index contributed by atoms with van der Waals surface area (Å²) in [5, 5.41) is 0. The van der Waals surface area contributed by atoms with Gasteiger partial charge in [-0.25, -0.2) is 0 Å². The summed E-state index contributed by atoms with van der Waals surface area (Å²) in [6, 6.07) is 28.9. The molecule has 0 aliphatic heterocycles. The highest BCUT2D eigenvalue weighted by molar-refractivity contribution is 9.93. The van der Waals surface area contributed by atoms with Gasteiger partial charge < -0.3 is 0 Å². The highest BCUT2D eigenvalue weighted by Crippen LogP contribution is 2.50. The van der Waals surface area contributed by atoms with E-state index < -0.39 is 0 Å². The van der Waals surface area contributed by atoms with Crippen LogP contribution in [0.5, 0.6) is 0 Å². The molecule has 3 heteroatoms. The molecule has 0 atom stereocenters. The van der Waals surface area contributed by atoms with Crippen LogP contribution in [0.3, 0.4) is 0 Å². The van der Waals surface area contributed by atoms with Crippen molar-refractivity contribution in [2.45, 2.75) is 52.4 Å². The van der Waals surface area contributed by atoms with Gasteiger partial charge in [0.05, 0.1) is 0 Å². The van der Waals surface area contributed by atoms with Crippen LogP contribution in [0.2, 0.25) is 0 Å². The van der Waals surface area contributed by atoms with Crippen molar-refractivity contribution < 1.29 is 0 Å².